The number of hydrogen-bond acceptors (Lipinski definition) is 4. The lowest BCUT2D eigenvalue weighted by Crippen LogP contribution is -2.40. The van der Waals surface area contributed by atoms with Gasteiger partial charge >= 0.3 is 6.03 Å². The largest absolute Gasteiger partial charge is 0.343 e. The zero-order valence-electron chi connectivity index (χ0n) is 13.6. The molecule has 3 amide bonds. The normalized spacial score (nSPS) is 30.9. The van der Waals surface area contributed by atoms with Crippen molar-refractivity contribution >= 4 is 23.7 Å². The minimum atomic E-state index is -0.0265. The Morgan fingerprint density at radius 2 is 2.04 bits per heavy atom. The molecule has 0 aromatic heterocycles. The molecule has 0 spiro atoms. The van der Waals surface area contributed by atoms with Crippen molar-refractivity contribution in [3.63, 3.8) is 0 Å². The minimum Gasteiger partial charge on any atom is -0.343 e. The Labute approximate surface area is 142 Å². The maximum absolute atomic E-state index is 12.2. The van der Waals surface area contributed by atoms with Gasteiger partial charge in [-0.15, -0.1) is 0 Å². The Hall–Kier alpha value is -0.950. The lowest BCUT2D eigenvalue weighted by atomic mass is 9.96. The molecule has 3 aliphatic rings. The van der Waals surface area contributed by atoms with E-state index in [0.29, 0.717) is 29.5 Å². The first-order chi connectivity index (χ1) is 11.2. The van der Waals surface area contributed by atoms with Crippen LogP contribution in [-0.2, 0) is 4.79 Å². The number of likely N-dealkylation sites (tertiary alicyclic amines) is 1. The number of hydrogen-bond donors (Lipinski definition) is 3. The summed E-state index contributed by atoms with van der Waals surface area (Å²) in [5.74, 6) is 1.90. The second-order valence-corrected chi connectivity index (χ2v) is 8.20. The summed E-state index contributed by atoms with van der Waals surface area (Å²) in [4.78, 5) is 25.6. The van der Waals surface area contributed by atoms with Gasteiger partial charge in [-0.25, -0.2) is 4.79 Å². The number of unbranched alkanes of at least 4 members (excludes halogenated alkanes) is 1. The van der Waals surface area contributed by atoms with Gasteiger partial charge in [-0.3, -0.25) is 4.79 Å². The molecule has 0 aromatic rings. The van der Waals surface area contributed by atoms with Crippen LogP contribution in [0.15, 0.2) is 0 Å². The average molecular weight is 340 g/mol. The number of piperidine rings is 1. The Kier molecular flexibility index (Phi) is 5.69. The van der Waals surface area contributed by atoms with Crippen molar-refractivity contribution in [2.45, 2.75) is 55.9 Å². The van der Waals surface area contributed by atoms with Crippen molar-refractivity contribution in [3.05, 3.63) is 0 Å². The summed E-state index contributed by atoms with van der Waals surface area (Å²) in [7, 11) is 0. The molecule has 0 aliphatic carbocycles. The molecule has 7 heteroatoms. The fourth-order valence-electron chi connectivity index (χ4n) is 3.84. The molecule has 0 bridgehead atoms. The Morgan fingerprint density at radius 1 is 1.26 bits per heavy atom. The average Bonchev–Trinajstić information content (AvgIpc) is 3.11. The number of nitrogens with two attached hydrogens (primary N) is 1. The molecule has 0 saturated carbocycles. The monoisotopic (exact) mass is 340 g/mol. The van der Waals surface area contributed by atoms with Crippen LogP contribution in [0.5, 0.6) is 0 Å². The van der Waals surface area contributed by atoms with Crippen molar-refractivity contribution in [1.82, 2.24) is 15.5 Å². The van der Waals surface area contributed by atoms with Crippen LogP contribution in [0.2, 0.25) is 0 Å². The molecule has 0 radical (unpaired) electrons. The predicted molar refractivity (Wildman–Crippen MR) is 92.3 cm³/mol. The Bertz CT molecular complexity index is 440. The van der Waals surface area contributed by atoms with Crippen LogP contribution in [0.4, 0.5) is 4.79 Å². The maximum Gasteiger partial charge on any atom is 0.315 e. The number of rotatable bonds is 6. The molecule has 3 rings (SSSR count). The molecule has 4 N–H and O–H groups in total. The van der Waals surface area contributed by atoms with E-state index in [4.69, 9.17) is 5.73 Å². The summed E-state index contributed by atoms with van der Waals surface area (Å²) < 4.78 is 0. The topological polar surface area (TPSA) is 87.5 Å². The smallest absolute Gasteiger partial charge is 0.315 e. The van der Waals surface area contributed by atoms with Crippen LogP contribution >= 0.6 is 11.8 Å². The van der Waals surface area contributed by atoms with Gasteiger partial charge in [0, 0.05) is 30.5 Å². The van der Waals surface area contributed by atoms with E-state index in [1.165, 1.54) is 0 Å². The van der Waals surface area contributed by atoms with Crippen molar-refractivity contribution in [1.29, 1.82) is 0 Å². The highest BCUT2D eigenvalue weighted by atomic mass is 32.2. The fourth-order valence-corrected chi connectivity index (χ4v) is 5.38. The van der Waals surface area contributed by atoms with Crippen molar-refractivity contribution in [2.24, 2.45) is 11.7 Å². The van der Waals surface area contributed by atoms with Gasteiger partial charge in [0.05, 0.1) is 12.1 Å². The van der Waals surface area contributed by atoms with Gasteiger partial charge < -0.3 is 21.3 Å². The lowest BCUT2D eigenvalue weighted by Gasteiger charge is -2.31. The van der Waals surface area contributed by atoms with Crippen LogP contribution in [0, 0.1) is 5.92 Å². The van der Waals surface area contributed by atoms with E-state index < -0.39 is 0 Å². The number of nitrogens with one attached hydrogen (secondary N) is 2. The van der Waals surface area contributed by atoms with E-state index in [9.17, 15) is 9.59 Å². The van der Waals surface area contributed by atoms with Gasteiger partial charge in [-0.05, 0) is 38.1 Å². The summed E-state index contributed by atoms with van der Waals surface area (Å²) >= 11 is 1.94. The van der Waals surface area contributed by atoms with E-state index in [1.807, 2.05) is 16.7 Å². The zero-order valence-corrected chi connectivity index (χ0v) is 14.4. The molecular formula is C16H28N4O2S. The Morgan fingerprint density at radius 3 is 2.78 bits per heavy atom. The quantitative estimate of drug-likeness (QED) is 0.495. The lowest BCUT2D eigenvalue weighted by molar-refractivity contribution is -0.132. The van der Waals surface area contributed by atoms with Gasteiger partial charge in [0.25, 0.3) is 0 Å². The summed E-state index contributed by atoms with van der Waals surface area (Å²) in [5, 5.41) is 6.48. The van der Waals surface area contributed by atoms with Gasteiger partial charge in [0.15, 0.2) is 0 Å². The highest BCUT2D eigenvalue weighted by Gasteiger charge is 2.42. The number of carbonyl (C=O) groups is 2. The van der Waals surface area contributed by atoms with Crippen molar-refractivity contribution in [2.75, 3.05) is 25.4 Å². The van der Waals surface area contributed by atoms with Crippen LogP contribution in [0.25, 0.3) is 0 Å². The number of carbonyl (C=O) groups excluding carboxylic acids is 2. The minimum absolute atomic E-state index is 0.0265. The third kappa shape index (κ3) is 4.12. The SMILES string of the molecule is NCC1CCN(C(=O)CCCC[C@@H]2SC[C@@H]3NC(=O)N[C@@H]32)CC1. The number of fused-ring (bicyclic) bond motifs is 1. The molecule has 3 fully saturated rings. The molecule has 3 atom stereocenters. The van der Waals surface area contributed by atoms with Crippen molar-refractivity contribution in [3.8, 4) is 0 Å². The maximum atomic E-state index is 12.2. The summed E-state index contributed by atoms with van der Waals surface area (Å²) in [6, 6.07) is 0.544. The second kappa shape index (κ2) is 7.75. The van der Waals surface area contributed by atoms with E-state index in [-0.39, 0.29) is 12.1 Å². The first kappa shape index (κ1) is 16.9. The van der Waals surface area contributed by atoms with Crippen LogP contribution in [0.1, 0.15) is 38.5 Å². The number of thioether (sulfide) groups is 1. The molecule has 3 heterocycles. The predicted octanol–water partition coefficient (Wildman–Crippen LogP) is 0.910. The number of urea groups is 1. The summed E-state index contributed by atoms with van der Waals surface area (Å²) in [6.45, 7) is 2.50. The summed E-state index contributed by atoms with van der Waals surface area (Å²) in [6.07, 6.45) is 5.85. The Balaban J connectivity index is 1.31. The van der Waals surface area contributed by atoms with Crippen LogP contribution in [-0.4, -0.2) is 59.6 Å². The second-order valence-electron chi connectivity index (χ2n) is 6.93. The third-order valence-electron chi connectivity index (χ3n) is 5.37. The zero-order chi connectivity index (χ0) is 16.2. The van der Waals surface area contributed by atoms with Crippen LogP contribution in [0.3, 0.4) is 0 Å². The molecule has 3 aliphatic heterocycles. The molecule has 130 valence electrons. The molecule has 23 heavy (non-hydrogen) atoms. The molecule has 6 nitrogen and oxygen atoms in total. The summed E-state index contributed by atoms with van der Waals surface area (Å²) in [5.41, 5.74) is 5.69. The number of amides is 3. The molecule has 0 unspecified atom stereocenters. The van der Waals surface area contributed by atoms with E-state index in [1.54, 1.807) is 0 Å². The van der Waals surface area contributed by atoms with Gasteiger partial charge in [-0.1, -0.05) is 6.42 Å². The molecule has 0 aromatic carbocycles. The molecular weight excluding hydrogens is 312 g/mol. The number of nitrogens with zero attached hydrogens (tertiary/aromatic N) is 1. The van der Waals surface area contributed by atoms with E-state index >= 15 is 0 Å². The van der Waals surface area contributed by atoms with Crippen LogP contribution < -0.4 is 16.4 Å². The van der Waals surface area contributed by atoms with Gasteiger partial charge in [0.1, 0.15) is 0 Å². The first-order valence-corrected chi connectivity index (χ1v) is 9.88. The fraction of sp³-hybridized carbons (Fsp3) is 0.875. The van der Waals surface area contributed by atoms with Gasteiger partial charge in [-0.2, -0.15) is 11.8 Å². The molecule has 3 saturated heterocycles. The standard InChI is InChI=1S/C16H28N4O2S/c17-9-11-5-7-20(8-6-11)14(21)4-2-1-3-13-15-12(10-23-13)18-16(22)19-15/h11-13,15H,1-10,17H2,(H2,18,19,22)/t12-,13-,15-/m0/s1. The highest BCUT2D eigenvalue weighted by molar-refractivity contribution is 8.00. The van der Waals surface area contributed by atoms with E-state index in [0.717, 1.165) is 57.5 Å². The first-order valence-electron chi connectivity index (χ1n) is 8.84. The third-order valence-corrected chi connectivity index (χ3v) is 6.88. The van der Waals surface area contributed by atoms with E-state index in [2.05, 4.69) is 10.6 Å². The van der Waals surface area contributed by atoms with Crippen molar-refractivity contribution < 1.29 is 9.59 Å². The van der Waals surface area contributed by atoms with Gasteiger partial charge in [0.2, 0.25) is 5.91 Å². The highest BCUT2D eigenvalue weighted by Crippen LogP contribution is 2.33.